The molecule has 2 aliphatic rings. The number of nitrogens with zero attached hydrogens (tertiary/aromatic N) is 1. The molecule has 1 aromatic heterocycles. The summed E-state index contributed by atoms with van der Waals surface area (Å²) in [6, 6.07) is 19.5. The Morgan fingerprint density at radius 3 is 2.55 bits per heavy atom. The van der Waals surface area contributed by atoms with Gasteiger partial charge in [-0.1, -0.05) is 89.1 Å². The largest absolute Gasteiger partial charge is 0.506 e. The van der Waals surface area contributed by atoms with Crippen molar-refractivity contribution in [1.82, 2.24) is 25.8 Å². The van der Waals surface area contributed by atoms with E-state index in [9.17, 15) is 29.4 Å². The Balaban J connectivity index is 0.837. The summed E-state index contributed by atoms with van der Waals surface area (Å²) in [5, 5.41) is 32.4. The molecule has 1 aliphatic carbocycles. The minimum absolute atomic E-state index is 0.0382. The van der Waals surface area contributed by atoms with Crippen molar-refractivity contribution in [2.75, 3.05) is 58.3 Å². The number of aromatic nitrogens is 1. The molecule has 320 valence electrons. The van der Waals surface area contributed by atoms with E-state index in [2.05, 4.69) is 31.2 Å². The van der Waals surface area contributed by atoms with Crippen LogP contribution in [0.2, 0.25) is 0 Å². The molecule has 1 fully saturated rings. The molecule has 3 amide bonds. The molecule has 7 N–H and O–H groups in total. The number of para-hydroxylation sites is 1. The zero-order valence-corrected chi connectivity index (χ0v) is 35.2. The van der Waals surface area contributed by atoms with E-state index in [1.54, 1.807) is 12.1 Å². The fourth-order valence-electron chi connectivity index (χ4n) is 6.98. The van der Waals surface area contributed by atoms with Crippen molar-refractivity contribution in [1.29, 1.82) is 0 Å². The Morgan fingerprint density at radius 2 is 1.78 bits per heavy atom. The molecule has 2 atom stereocenters. The van der Waals surface area contributed by atoms with E-state index in [0.29, 0.717) is 79.1 Å². The fourth-order valence-corrected chi connectivity index (χ4v) is 8.39. The van der Waals surface area contributed by atoms with Crippen molar-refractivity contribution in [3.8, 4) is 16.9 Å². The van der Waals surface area contributed by atoms with E-state index in [1.807, 2.05) is 54.6 Å². The standard InChI is InChI=1S/C42H48Cl2N6O9S/c1-57-34-22-35(42(43,44)23-27(34)24-45-25-33(52)30-12-13-32(51)37-38(30)60-41(56)49-37)48-39(54)58-21-7-17-46-36(53)16-20-50-18-14-28(15-19-50)59-40(55)47-31-11-6-5-10-29(31)26-8-3-2-4-9-26/h2-6,8-13,22-23,28,33,35,45,51-52H,7,14-21,24-25H2,1H3,(H,46,53)(H,47,55)(H,48,54)(H,49,56)/t33-,35?/m0/s1. The van der Waals surface area contributed by atoms with Crippen molar-refractivity contribution in [3.63, 3.8) is 0 Å². The minimum atomic E-state index is -1.56. The first-order chi connectivity index (χ1) is 28.9. The topological polar surface area (TPSA) is 204 Å². The number of carbonyl (C=O) groups excluding carboxylic acids is 3. The van der Waals surface area contributed by atoms with Gasteiger partial charge in [0.2, 0.25) is 5.91 Å². The van der Waals surface area contributed by atoms with Gasteiger partial charge in [0.15, 0.2) is 4.33 Å². The Bertz CT molecular complexity index is 2240. The van der Waals surface area contributed by atoms with Crippen LogP contribution in [0.15, 0.2) is 95.0 Å². The van der Waals surface area contributed by atoms with E-state index >= 15 is 0 Å². The van der Waals surface area contributed by atoms with Crippen LogP contribution in [0.5, 0.6) is 5.75 Å². The molecule has 1 aliphatic heterocycles. The van der Waals surface area contributed by atoms with E-state index < -0.39 is 28.7 Å². The lowest BCUT2D eigenvalue weighted by molar-refractivity contribution is -0.121. The number of benzene rings is 3. The van der Waals surface area contributed by atoms with E-state index in [4.69, 9.17) is 37.4 Å². The molecule has 6 rings (SSSR count). The number of methoxy groups -OCH3 is 1. The first kappa shape index (κ1) is 44.5. The number of phenols is 1. The zero-order chi connectivity index (χ0) is 42.6. The number of carbonyl (C=O) groups is 3. The number of ether oxygens (including phenoxy) is 3. The molecule has 0 saturated carbocycles. The van der Waals surface area contributed by atoms with Crippen LogP contribution >= 0.6 is 34.5 Å². The average molecular weight is 884 g/mol. The number of alkyl carbamates (subject to hydrolysis) is 1. The molecule has 60 heavy (non-hydrogen) atoms. The summed E-state index contributed by atoms with van der Waals surface area (Å²) in [5.41, 5.74) is 3.93. The molecule has 18 heteroatoms. The van der Waals surface area contributed by atoms with Crippen molar-refractivity contribution in [2.45, 2.75) is 48.3 Å². The molecule has 1 unspecified atom stereocenters. The number of aliphatic hydroxyl groups is 1. The van der Waals surface area contributed by atoms with Crippen LogP contribution in [0.25, 0.3) is 21.3 Å². The highest BCUT2D eigenvalue weighted by atomic mass is 35.5. The summed E-state index contributed by atoms with van der Waals surface area (Å²) in [6.45, 7) is 2.62. The Labute approximate surface area is 360 Å². The fraction of sp³-hybridized carbons (Fsp3) is 0.381. The number of aromatic hydroxyl groups is 1. The molecular formula is C42H48Cl2N6O9S. The summed E-state index contributed by atoms with van der Waals surface area (Å²) < 4.78 is 15.5. The minimum Gasteiger partial charge on any atom is -0.506 e. The van der Waals surface area contributed by atoms with Crippen LogP contribution in [0.1, 0.15) is 37.4 Å². The Kier molecular flexibility index (Phi) is 15.5. The molecule has 0 bridgehead atoms. The van der Waals surface area contributed by atoms with Crippen LogP contribution in [-0.4, -0.2) is 108 Å². The van der Waals surface area contributed by atoms with E-state index in [0.717, 1.165) is 22.5 Å². The number of halogens is 2. The molecule has 3 aromatic carbocycles. The Hall–Kier alpha value is -5.10. The van der Waals surface area contributed by atoms with Gasteiger partial charge in [-0.25, -0.2) is 9.59 Å². The molecule has 15 nitrogen and oxygen atoms in total. The number of piperidine rings is 1. The van der Waals surface area contributed by atoms with Gasteiger partial charge >= 0.3 is 17.1 Å². The molecule has 4 aromatic rings. The number of hydrogen-bond donors (Lipinski definition) is 7. The summed E-state index contributed by atoms with van der Waals surface area (Å²) in [6.07, 6.45) is 2.67. The highest BCUT2D eigenvalue weighted by Gasteiger charge is 2.38. The number of thiazole rings is 1. The van der Waals surface area contributed by atoms with Crippen LogP contribution in [0.3, 0.4) is 0 Å². The summed E-state index contributed by atoms with van der Waals surface area (Å²) in [7, 11) is 1.46. The first-order valence-corrected chi connectivity index (χ1v) is 21.1. The van der Waals surface area contributed by atoms with Gasteiger partial charge in [-0.15, -0.1) is 0 Å². The predicted octanol–water partition coefficient (Wildman–Crippen LogP) is 5.93. The monoisotopic (exact) mass is 882 g/mol. The van der Waals surface area contributed by atoms with Gasteiger partial charge in [0.25, 0.3) is 0 Å². The first-order valence-electron chi connectivity index (χ1n) is 19.5. The van der Waals surface area contributed by atoms with Gasteiger partial charge in [0.05, 0.1) is 36.2 Å². The highest BCUT2D eigenvalue weighted by Crippen LogP contribution is 2.36. The van der Waals surface area contributed by atoms with Crippen molar-refractivity contribution in [3.05, 3.63) is 105 Å². The van der Waals surface area contributed by atoms with Crippen LogP contribution < -0.4 is 26.1 Å². The maximum absolute atomic E-state index is 12.7. The van der Waals surface area contributed by atoms with Crippen molar-refractivity contribution < 1.29 is 38.8 Å². The van der Waals surface area contributed by atoms with Gasteiger partial charge in [-0.2, -0.15) is 0 Å². The number of rotatable bonds is 17. The second-order valence-corrected chi connectivity index (χ2v) is 16.7. The van der Waals surface area contributed by atoms with Crippen molar-refractivity contribution >= 4 is 68.5 Å². The summed E-state index contributed by atoms with van der Waals surface area (Å²) in [4.78, 5) is 54.1. The van der Waals surface area contributed by atoms with E-state index in [-0.39, 0.29) is 47.8 Å². The SMILES string of the molecule is COC1=CC(NC(=O)OCCCNC(=O)CCN2CCC(OC(=O)Nc3ccccc3-c3ccccc3)CC2)C(Cl)(Cl)C=C1CNC[C@H](O)c1ccc(O)c2[nH]c(=O)sc12. The van der Waals surface area contributed by atoms with Gasteiger partial charge in [0.1, 0.15) is 23.1 Å². The lowest BCUT2D eigenvalue weighted by Crippen LogP contribution is -2.47. The summed E-state index contributed by atoms with van der Waals surface area (Å²) >= 11 is 14.1. The maximum Gasteiger partial charge on any atom is 0.411 e. The number of amides is 3. The average Bonchev–Trinajstić information content (AvgIpc) is 3.64. The highest BCUT2D eigenvalue weighted by molar-refractivity contribution is 7.16. The number of anilines is 1. The van der Waals surface area contributed by atoms with Gasteiger partial charge in [-0.3, -0.25) is 14.9 Å². The number of aliphatic hydroxyl groups excluding tert-OH is 1. The number of H-pyrrole nitrogens is 1. The predicted molar refractivity (Wildman–Crippen MR) is 232 cm³/mol. The Morgan fingerprint density at radius 1 is 1.03 bits per heavy atom. The molecule has 2 heterocycles. The summed E-state index contributed by atoms with van der Waals surface area (Å²) in [5.74, 6) is 0.201. The van der Waals surface area contributed by atoms with Gasteiger partial charge < -0.3 is 50.3 Å². The second kappa shape index (κ2) is 20.9. The third kappa shape index (κ3) is 12.0. The third-order valence-electron chi connectivity index (χ3n) is 10.1. The van der Waals surface area contributed by atoms with E-state index in [1.165, 1.54) is 19.3 Å². The van der Waals surface area contributed by atoms with Gasteiger partial charge in [0, 0.05) is 62.4 Å². The molecule has 0 radical (unpaired) electrons. The third-order valence-corrected chi connectivity index (χ3v) is 11.7. The molecule has 1 saturated heterocycles. The van der Waals surface area contributed by atoms with Crippen LogP contribution in [-0.2, 0) is 19.0 Å². The second-order valence-electron chi connectivity index (χ2n) is 14.3. The number of alkyl halides is 2. The molecular weight excluding hydrogens is 835 g/mol. The lowest BCUT2D eigenvalue weighted by Gasteiger charge is -2.31. The van der Waals surface area contributed by atoms with Crippen LogP contribution in [0.4, 0.5) is 15.3 Å². The quantitative estimate of drug-likeness (QED) is 0.0489. The zero-order valence-electron chi connectivity index (χ0n) is 32.9. The smallest absolute Gasteiger partial charge is 0.411 e. The van der Waals surface area contributed by atoms with Gasteiger partial charge in [-0.05, 0) is 49.1 Å². The lowest BCUT2D eigenvalue weighted by atomic mass is 9.99. The molecule has 0 spiro atoms. The maximum atomic E-state index is 12.7. The number of aromatic amines is 1. The number of hydrogen-bond acceptors (Lipinski definition) is 12. The number of fused-ring (bicyclic) bond motifs is 1. The normalized spacial score (nSPS) is 17.2. The number of nitrogens with one attached hydrogen (secondary N) is 5. The number of phenolic OH excluding ortho intramolecular Hbond substituents is 1. The number of likely N-dealkylation sites (tertiary alicyclic amines) is 1. The van der Waals surface area contributed by atoms with Crippen molar-refractivity contribution in [2.24, 2.45) is 0 Å². The van der Waals surface area contributed by atoms with Crippen LogP contribution in [0, 0.1) is 0 Å².